The number of methoxy groups -OCH3 is 1. The minimum absolute atomic E-state index is 0.424. The number of benzene rings is 2. The number of para-hydroxylation sites is 3. The van der Waals surface area contributed by atoms with Crippen LogP contribution in [0.15, 0.2) is 54.6 Å². The van der Waals surface area contributed by atoms with Gasteiger partial charge in [-0.05, 0) is 36.6 Å². The van der Waals surface area contributed by atoms with Crippen LogP contribution >= 0.6 is 0 Å². The quantitative estimate of drug-likeness (QED) is 0.624. The van der Waals surface area contributed by atoms with Gasteiger partial charge in [-0.15, -0.1) is 0 Å². The van der Waals surface area contributed by atoms with Crippen LogP contribution in [0.2, 0.25) is 0 Å². The number of nitrogens with zero attached hydrogens (tertiary/aromatic N) is 2. The molecule has 2 aromatic carbocycles. The number of aryl methyl sites for hydroxylation is 1. The summed E-state index contributed by atoms with van der Waals surface area (Å²) in [5, 5.41) is 6.74. The van der Waals surface area contributed by atoms with Crippen LogP contribution in [-0.4, -0.2) is 17.1 Å². The molecule has 1 aromatic heterocycles. The Morgan fingerprint density at radius 2 is 1.42 bits per heavy atom. The van der Waals surface area contributed by atoms with Gasteiger partial charge in [-0.1, -0.05) is 44.2 Å². The summed E-state index contributed by atoms with van der Waals surface area (Å²) in [6, 6.07) is 17.9. The van der Waals surface area contributed by atoms with E-state index in [1.807, 2.05) is 43.3 Å². The van der Waals surface area contributed by atoms with E-state index in [-0.39, 0.29) is 0 Å². The van der Waals surface area contributed by atoms with Gasteiger partial charge in [0.2, 0.25) is 0 Å². The zero-order chi connectivity index (χ0) is 18.5. The summed E-state index contributed by atoms with van der Waals surface area (Å²) < 4.78 is 5.39. The van der Waals surface area contributed by atoms with Gasteiger partial charge >= 0.3 is 0 Å². The van der Waals surface area contributed by atoms with Crippen LogP contribution in [-0.2, 0) is 0 Å². The van der Waals surface area contributed by atoms with Crippen molar-refractivity contribution >= 4 is 23.0 Å². The molecule has 0 fully saturated rings. The summed E-state index contributed by atoms with van der Waals surface area (Å²) in [6.45, 7) is 6.24. The highest BCUT2D eigenvalue weighted by molar-refractivity contribution is 5.68. The molecule has 2 N–H and O–H groups in total. The highest BCUT2D eigenvalue weighted by atomic mass is 16.5. The van der Waals surface area contributed by atoms with Crippen LogP contribution in [0, 0.1) is 6.92 Å². The van der Waals surface area contributed by atoms with Gasteiger partial charge in [-0.3, -0.25) is 0 Å². The summed E-state index contributed by atoms with van der Waals surface area (Å²) in [6.07, 6.45) is 0. The van der Waals surface area contributed by atoms with Gasteiger partial charge < -0.3 is 15.4 Å². The normalized spacial score (nSPS) is 10.7. The van der Waals surface area contributed by atoms with Crippen LogP contribution in [0.5, 0.6) is 5.75 Å². The predicted octanol–water partition coefficient (Wildman–Crippen LogP) is 5.40. The van der Waals surface area contributed by atoms with E-state index in [2.05, 4.69) is 52.6 Å². The van der Waals surface area contributed by atoms with E-state index in [1.54, 1.807) is 7.11 Å². The average Bonchev–Trinajstić information content (AvgIpc) is 2.62. The molecule has 3 rings (SSSR count). The second-order valence-electron chi connectivity index (χ2n) is 6.38. The van der Waals surface area contributed by atoms with E-state index >= 15 is 0 Å². The highest BCUT2D eigenvalue weighted by Gasteiger charge is 2.09. The molecule has 134 valence electrons. The Labute approximate surface area is 154 Å². The fourth-order valence-electron chi connectivity index (χ4n) is 2.83. The maximum absolute atomic E-state index is 5.39. The Bertz CT molecular complexity index is 893. The summed E-state index contributed by atoms with van der Waals surface area (Å²) in [7, 11) is 1.65. The van der Waals surface area contributed by atoms with Crippen molar-refractivity contribution in [2.75, 3.05) is 17.7 Å². The van der Waals surface area contributed by atoms with Crippen molar-refractivity contribution in [2.24, 2.45) is 0 Å². The van der Waals surface area contributed by atoms with Crippen molar-refractivity contribution in [1.82, 2.24) is 9.97 Å². The molecule has 0 unspecified atom stereocenters. The standard InChI is InChI=1S/C21H24N4O/c1-14(2)16-9-5-6-10-17(16)24-20-13-21(23-15(3)22-20)25-18-11-7-8-12-19(18)26-4/h5-14H,1-4H3,(H2,22,23,24,25). The molecule has 5 nitrogen and oxygen atoms in total. The summed E-state index contributed by atoms with van der Waals surface area (Å²) in [5.41, 5.74) is 3.17. The first-order valence-electron chi connectivity index (χ1n) is 8.68. The lowest BCUT2D eigenvalue weighted by atomic mass is 10.0. The lowest BCUT2D eigenvalue weighted by molar-refractivity contribution is 0.417. The fourth-order valence-corrected chi connectivity index (χ4v) is 2.83. The molecule has 1 heterocycles. The van der Waals surface area contributed by atoms with Gasteiger partial charge in [0.25, 0.3) is 0 Å². The van der Waals surface area contributed by atoms with Crippen LogP contribution in [0.3, 0.4) is 0 Å². The molecule has 5 heteroatoms. The molecule has 0 saturated heterocycles. The molecule has 0 atom stereocenters. The Kier molecular flexibility index (Phi) is 5.37. The number of rotatable bonds is 6. The monoisotopic (exact) mass is 348 g/mol. The molecule has 0 spiro atoms. The minimum Gasteiger partial charge on any atom is -0.495 e. The van der Waals surface area contributed by atoms with Crippen molar-refractivity contribution in [1.29, 1.82) is 0 Å². The third kappa shape index (κ3) is 4.11. The average molecular weight is 348 g/mol. The second-order valence-corrected chi connectivity index (χ2v) is 6.38. The fraction of sp³-hybridized carbons (Fsp3) is 0.238. The second kappa shape index (κ2) is 7.87. The maximum atomic E-state index is 5.39. The molecule has 0 aliphatic heterocycles. The van der Waals surface area contributed by atoms with Gasteiger partial charge in [0, 0.05) is 11.8 Å². The molecule has 0 bridgehead atoms. The van der Waals surface area contributed by atoms with Crippen molar-refractivity contribution in [3.05, 3.63) is 66.0 Å². The Morgan fingerprint density at radius 1 is 0.846 bits per heavy atom. The van der Waals surface area contributed by atoms with E-state index in [0.29, 0.717) is 17.6 Å². The van der Waals surface area contributed by atoms with E-state index in [0.717, 1.165) is 22.9 Å². The smallest absolute Gasteiger partial charge is 0.142 e. The molecule has 0 radical (unpaired) electrons. The predicted molar refractivity (Wildman–Crippen MR) is 107 cm³/mol. The SMILES string of the molecule is COc1ccccc1Nc1cc(Nc2ccccc2C(C)C)nc(C)n1. The molecule has 3 aromatic rings. The molecule has 0 saturated carbocycles. The molecule has 0 aliphatic rings. The molecule has 0 amide bonds. The number of aromatic nitrogens is 2. The number of hydrogen-bond acceptors (Lipinski definition) is 5. The van der Waals surface area contributed by atoms with Crippen LogP contribution < -0.4 is 15.4 Å². The van der Waals surface area contributed by atoms with E-state index in [9.17, 15) is 0 Å². The summed E-state index contributed by atoms with van der Waals surface area (Å²) in [5.74, 6) is 3.35. The van der Waals surface area contributed by atoms with Crippen molar-refractivity contribution in [3.8, 4) is 5.75 Å². The number of anilines is 4. The Morgan fingerprint density at radius 3 is 2.08 bits per heavy atom. The third-order valence-corrected chi connectivity index (χ3v) is 4.05. The first kappa shape index (κ1) is 17.7. The number of hydrogen-bond donors (Lipinski definition) is 2. The van der Waals surface area contributed by atoms with Crippen molar-refractivity contribution < 1.29 is 4.74 Å². The lowest BCUT2D eigenvalue weighted by Crippen LogP contribution is -2.04. The van der Waals surface area contributed by atoms with Crippen LogP contribution in [0.1, 0.15) is 31.2 Å². The summed E-state index contributed by atoms with van der Waals surface area (Å²) >= 11 is 0. The van der Waals surface area contributed by atoms with Gasteiger partial charge in [-0.2, -0.15) is 0 Å². The minimum atomic E-state index is 0.424. The van der Waals surface area contributed by atoms with E-state index in [4.69, 9.17) is 4.74 Å². The van der Waals surface area contributed by atoms with E-state index in [1.165, 1.54) is 5.56 Å². The zero-order valence-electron chi connectivity index (χ0n) is 15.6. The Hall–Kier alpha value is -3.08. The van der Waals surface area contributed by atoms with Gasteiger partial charge in [0.1, 0.15) is 23.2 Å². The first-order valence-corrected chi connectivity index (χ1v) is 8.68. The number of nitrogens with one attached hydrogen (secondary N) is 2. The first-order chi connectivity index (χ1) is 12.6. The van der Waals surface area contributed by atoms with E-state index < -0.39 is 0 Å². The number of ether oxygens (including phenoxy) is 1. The molecule has 0 aliphatic carbocycles. The molecular formula is C21H24N4O. The lowest BCUT2D eigenvalue weighted by Gasteiger charge is -2.15. The van der Waals surface area contributed by atoms with Gasteiger partial charge in [0.15, 0.2) is 0 Å². The Balaban J connectivity index is 1.89. The molecular weight excluding hydrogens is 324 g/mol. The molecule has 26 heavy (non-hydrogen) atoms. The highest BCUT2D eigenvalue weighted by Crippen LogP contribution is 2.29. The van der Waals surface area contributed by atoms with Crippen molar-refractivity contribution in [3.63, 3.8) is 0 Å². The maximum Gasteiger partial charge on any atom is 0.142 e. The largest absolute Gasteiger partial charge is 0.495 e. The zero-order valence-corrected chi connectivity index (χ0v) is 15.6. The third-order valence-electron chi connectivity index (χ3n) is 4.05. The summed E-state index contributed by atoms with van der Waals surface area (Å²) in [4.78, 5) is 9.01. The van der Waals surface area contributed by atoms with Gasteiger partial charge in [-0.25, -0.2) is 9.97 Å². The van der Waals surface area contributed by atoms with Crippen LogP contribution in [0.4, 0.5) is 23.0 Å². The van der Waals surface area contributed by atoms with Gasteiger partial charge in [0.05, 0.1) is 12.8 Å². The van der Waals surface area contributed by atoms with Crippen LogP contribution in [0.25, 0.3) is 0 Å². The topological polar surface area (TPSA) is 59.1 Å². The van der Waals surface area contributed by atoms with Crippen molar-refractivity contribution in [2.45, 2.75) is 26.7 Å².